The molecule has 0 spiro atoms. The van der Waals surface area contributed by atoms with E-state index in [1.165, 1.54) is 0 Å². The first kappa shape index (κ1) is 45.1. The van der Waals surface area contributed by atoms with E-state index in [0.29, 0.717) is 0 Å². The van der Waals surface area contributed by atoms with Crippen molar-refractivity contribution in [2.45, 2.75) is 145 Å². The van der Waals surface area contributed by atoms with E-state index in [-0.39, 0.29) is 81.1 Å². The molecule has 0 N–H and O–H groups in total. The Morgan fingerprint density at radius 1 is 0.579 bits per heavy atom. The number of esters is 2. The van der Waals surface area contributed by atoms with Crippen LogP contribution < -0.4 is 80.5 Å². The van der Waals surface area contributed by atoms with Crippen molar-refractivity contribution in [2.24, 2.45) is 10.8 Å². The maximum Gasteiger partial charge on any atom is 1.00 e. The summed E-state index contributed by atoms with van der Waals surface area (Å²) in [5.74, 6) is -4.23. The van der Waals surface area contributed by atoms with Gasteiger partial charge in [-0.1, -0.05) is 81.1 Å². The third-order valence-electron chi connectivity index (χ3n) is 6.94. The largest absolute Gasteiger partial charge is 1.00 e. The van der Waals surface area contributed by atoms with Gasteiger partial charge < -0.3 is 29.3 Å². The Morgan fingerprint density at radius 3 is 1.03 bits per heavy atom. The number of hydrogen-bond donors (Lipinski definition) is 0. The second-order valence-electron chi connectivity index (χ2n) is 11.9. The number of carboxylic acids is 2. The van der Waals surface area contributed by atoms with Crippen LogP contribution in [0.15, 0.2) is 0 Å². The molecule has 0 rings (SSSR count). The van der Waals surface area contributed by atoms with E-state index >= 15 is 0 Å². The van der Waals surface area contributed by atoms with Crippen LogP contribution in [0.25, 0.3) is 0 Å². The molecule has 0 aromatic carbocycles. The van der Waals surface area contributed by atoms with Gasteiger partial charge in [-0.25, -0.2) is 0 Å². The summed E-state index contributed by atoms with van der Waals surface area (Å²) in [5, 5.41) is 20.8. The number of ether oxygens (including phenoxy) is 2. The second kappa shape index (κ2) is 20.9. The summed E-state index contributed by atoms with van der Waals surface area (Å²) in [6.07, 6.45) is 6.37. The van der Waals surface area contributed by atoms with Crippen molar-refractivity contribution in [2.75, 3.05) is 0 Å². The summed E-state index contributed by atoms with van der Waals surface area (Å²) in [6.45, 7) is 19.9. The van der Waals surface area contributed by atoms with Gasteiger partial charge >= 0.3 is 82.2 Å². The normalized spacial score (nSPS) is 14.2. The molecule has 0 aromatic heterocycles. The maximum absolute atomic E-state index is 11.5. The first-order valence-electron chi connectivity index (χ1n) is 13.1. The summed E-state index contributed by atoms with van der Waals surface area (Å²) in [5.41, 5.74) is -1.76. The molecule has 8 nitrogen and oxygen atoms in total. The van der Waals surface area contributed by atoms with Gasteiger partial charge in [0.05, 0.1) is 24.8 Å². The van der Waals surface area contributed by atoms with Crippen molar-refractivity contribution < 1.29 is 109 Å². The number of hydrogen-bond acceptors (Lipinski definition) is 8. The summed E-state index contributed by atoms with van der Waals surface area (Å²) in [4.78, 5) is 43.8. The van der Waals surface area contributed by atoms with E-state index in [9.17, 15) is 29.4 Å². The Bertz CT molecular complexity index is 655. The molecule has 0 aliphatic rings. The van der Waals surface area contributed by atoms with Crippen molar-refractivity contribution in [3.63, 3.8) is 0 Å². The molecule has 0 fully saturated rings. The average Bonchev–Trinajstić information content (AvgIpc) is 2.65. The van der Waals surface area contributed by atoms with Crippen LogP contribution in [0.3, 0.4) is 0 Å². The van der Waals surface area contributed by atoms with Gasteiger partial charge in [-0.2, -0.15) is 0 Å². The maximum atomic E-state index is 11.5. The molecule has 0 aliphatic heterocycles. The van der Waals surface area contributed by atoms with Crippen LogP contribution in [-0.4, -0.2) is 35.1 Å². The van der Waals surface area contributed by atoms with Gasteiger partial charge in [-0.3, -0.25) is 9.59 Å². The van der Waals surface area contributed by atoms with E-state index < -0.39 is 47.9 Å². The van der Waals surface area contributed by atoms with Crippen LogP contribution in [0, 0.1) is 10.8 Å². The van der Waals surface area contributed by atoms with Gasteiger partial charge in [-0.05, 0) is 39.5 Å². The number of carbonyl (C=O) groups excluding carboxylic acids is 4. The van der Waals surface area contributed by atoms with Crippen LogP contribution in [-0.2, 0) is 28.7 Å². The van der Waals surface area contributed by atoms with Crippen molar-refractivity contribution in [1.82, 2.24) is 0 Å². The third kappa shape index (κ3) is 19.2. The summed E-state index contributed by atoms with van der Waals surface area (Å²) < 4.78 is 10.8. The number of rotatable bonds is 14. The number of aliphatic carboxylic acids is 2. The number of carboxylic acid groups (broad SMARTS) is 2. The van der Waals surface area contributed by atoms with Crippen LogP contribution in [0.2, 0.25) is 0 Å². The number of unbranched alkanes of at least 4 members (excludes halogenated alkanes) is 4. The third-order valence-corrected chi connectivity index (χ3v) is 6.94. The minimum absolute atomic E-state index is 0. The molecule has 0 aromatic rings. The van der Waals surface area contributed by atoms with E-state index in [1.807, 2.05) is 55.4 Å². The molecule has 0 bridgehead atoms. The molecule has 0 aliphatic carbocycles. The van der Waals surface area contributed by atoms with Gasteiger partial charge in [-0.15, -0.1) is 0 Å². The van der Waals surface area contributed by atoms with Crippen molar-refractivity contribution in [3.05, 3.63) is 0 Å². The smallest absolute Gasteiger partial charge is 0.550 e. The van der Waals surface area contributed by atoms with E-state index in [0.717, 1.165) is 51.4 Å². The summed E-state index contributed by atoms with van der Waals surface area (Å²) >= 11 is 0. The SMILES string of the molecule is CCCCCC(C)(OC(=O)CC(=O)[O-])C(C)(C)C.CCCCCC(C)(OC(=O)CC(=O)[O-])C(C)(C)C.[K+].[Li+]. The molecule has 10 heteroatoms. The molecule has 0 heterocycles. The van der Waals surface area contributed by atoms with Crippen LogP contribution in [0.4, 0.5) is 0 Å². The summed E-state index contributed by atoms with van der Waals surface area (Å²) in [7, 11) is 0. The molecule has 0 amide bonds. The topological polar surface area (TPSA) is 133 Å². The molecule has 0 saturated heterocycles. The van der Waals surface area contributed by atoms with Crippen LogP contribution in [0.5, 0.6) is 0 Å². The molecule has 38 heavy (non-hydrogen) atoms. The first-order chi connectivity index (χ1) is 16.2. The molecule has 212 valence electrons. The van der Waals surface area contributed by atoms with Gasteiger partial charge in [0.25, 0.3) is 0 Å². The van der Waals surface area contributed by atoms with E-state index in [4.69, 9.17) is 9.47 Å². The Hall–Kier alpha value is 0.114. The molecule has 0 radical (unpaired) electrons. The fourth-order valence-corrected chi connectivity index (χ4v) is 3.39. The molecular weight excluding hydrogens is 510 g/mol. The minimum atomic E-state index is -1.40. The van der Waals surface area contributed by atoms with Crippen molar-refractivity contribution >= 4 is 23.9 Å². The molecule has 0 saturated carbocycles. The van der Waals surface area contributed by atoms with E-state index in [1.54, 1.807) is 0 Å². The van der Waals surface area contributed by atoms with Gasteiger partial charge in [0.2, 0.25) is 0 Å². The monoisotopic (exact) mass is 560 g/mol. The van der Waals surface area contributed by atoms with Gasteiger partial charge in [0.15, 0.2) is 0 Å². The van der Waals surface area contributed by atoms with Gasteiger partial charge in [0.1, 0.15) is 11.2 Å². The Labute approximate surface area is 285 Å². The van der Waals surface area contributed by atoms with Crippen LogP contribution >= 0.6 is 0 Å². The average molecular weight is 561 g/mol. The zero-order chi connectivity index (χ0) is 28.8. The predicted molar refractivity (Wildman–Crippen MR) is 135 cm³/mol. The van der Waals surface area contributed by atoms with Crippen molar-refractivity contribution in [3.8, 4) is 0 Å². The fraction of sp³-hybridized carbons (Fsp3) is 0.857. The second-order valence-corrected chi connectivity index (χ2v) is 11.9. The fourth-order valence-electron chi connectivity index (χ4n) is 3.39. The zero-order valence-corrected chi connectivity index (χ0v) is 29.5. The van der Waals surface area contributed by atoms with Crippen molar-refractivity contribution in [1.29, 1.82) is 0 Å². The van der Waals surface area contributed by atoms with E-state index in [2.05, 4.69) is 13.8 Å². The summed E-state index contributed by atoms with van der Waals surface area (Å²) in [6, 6.07) is 0. The predicted octanol–water partition coefficient (Wildman–Crippen LogP) is -1.88. The standard InChI is InChI=1S/2C14H26O4.K.Li/c2*1-6-7-8-9-14(5,13(2,3)4)18-12(17)10-11(15)16;;/h2*6-10H2,1-5H3,(H,15,16);;/q;;2*+1/p-2. The molecule has 2 unspecified atom stereocenters. The molecule has 2 atom stereocenters. The Morgan fingerprint density at radius 2 is 0.842 bits per heavy atom. The first-order valence-corrected chi connectivity index (χ1v) is 13.1. The molecular formula is C28H50KLiO8. The Kier molecular flexibility index (Phi) is 24.8. The van der Waals surface area contributed by atoms with Gasteiger partial charge in [0, 0.05) is 10.8 Å². The number of carbonyl (C=O) groups is 4. The minimum Gasteiger partial charge on any atom is -0.550 e. The zero-order valence-electron chi connectivity index (χ0n) is 26.3. The Balaban J connectivity index is -0.000000289. The van der Waals surface area contributed by atoms with Crippen LogP contribution in [0.1, 0.15) is 133 Å². The quantitative estimate of drug-likeness (QED) is 0.104.